The lowest BCUT2D eigenvalue weighted by Gasteiger charge is -2.29. The molecule has 0 spiro atoms. The number of hydrogen-bond acceptors (Lipinski definition) is 3. The van der Waals surface area contributed by atoms with Gasteiger partial charge in [-0.05, 0) is 32.6 Å². The van der Waals surface area contributed by atoms with Crippen LogP contribution in [0.15, 0.2) is 0 Å². The molecule has 3 rings (SSSR count). The zero-order valence-electron chi connectivity index (χ0n) is 10.7. The van der Waals surface area contributed by atoms with Gasteiger partial charge in [-0.1, -0.05) is 6.92 Å². The maximum absolute atomic E-state index is 5.84. The fraction of sp³-hybridized carbons (Fsp3) is 0.769. The van der Waals surface area contributed by atoms with E-state index in [9.17, 15) is 0 Å². The predicted molar refractivity (Wildman–Crippen MR) is 67.5 cm³/mol. The highest BCUT2D eigenvalue weighted by molar-refractivity contribution is 5.48. The molecule has 0 bridgehead atoms. The Morgan fingerprint density at radius 3 is 3.06 bits per heavy atom. The summed E-state index contributed by atoms with van der Waals surface area (Å²) in [5, 5.41) is 8.25. The maximum atomic E-state index is 5.84. The number of aromatic nitrogens is 2. The highest BCUT2D eigenvalue weighted by atomic mass is 16.5. The molecule has 2 atom stereocenters. The number of hydrogen-bond donors (Lipinski definition) is 1. The molecular weight excluding hydrogens is 214 g/mol. The zero-order valence-corrected chi connectivity index (χ0v) is 10.7. The highest BCUT2D eigenvalue weighted by Gasteiger charge is 2.32. The van der Waals surface area contributed by atoms with Gasteiger partial charge < -0.3 is 10.1 Å². The van der Waals surface area contributed by atoms with E-state index in [-0.39, 0.29) is 0 Å². The van der Waals surface area contributed by atoms with E-state index in [1.165, 1.54) is 29.9 Å². The van der Waals surface area contributed by atoms with Crippen molar-refractivity contribution >= 4 is 5.82 Å². The summed E-state index contributed by atoms with van der Waals surface area (Å²) in [6.07, 6.45) is 4.89. The Kier molecular flexibility index (Phi) is 2.82. The van der Waals surface area contributed by atoms with Crippen molar-refractivity contribution in [2.24, 2.45) is 0 Å². The molecular formula is C13H21N3O. The number of nitrogens with zero attached hydrogens (tertiary/aromatic N) is 2. The third-order valence-electron chi connectivity index (χ3n) is 4.02. The molecule has 1 aromatic heterocycles. The van der Waals surface area contributed by atoms with Crippen LogP contribution in [0.25, 0.3) is 0 Å². The highest BCUT2D eigenvalue weighted by Crippen LogP contribution is 2.34. The molecule has 1 saturated heterocycles. The summed E-state index contributed by atoms with van der Waals surface area (Å²) < 4.78 is 8.03. The van der Waals surface area contributed by atoms with Crippen molar-refractivity contribution in [2.75, 3.05) is 18.5 Å². The van der Waals surface area contributed by atoms with E-state index in [0.717, 1.165) is 26.0 Å². The van der Waals surface area contributed by atoms with Crippen molar-refractivity contribution in [1.82, 2.24) is 9.78 Å². The van der Waals surface area contributed by atoms with E-state index in [1.807, 2.05) is 0 Å². The van der Waals surface area contributed by atoms with Crippen molar-refractivity contribution < 1.29 is 4.74 Å². The first-order chi connectivity index (χ1) is 8.31. The standard InChI is InChI=1S/C13H21N3O/c1-3-10-9(2)13-14-7-6-11(16(13)15-10)12-5-4-8-17-12/h11-12,14H,3-8H2,1-2H3. The van der Waals surface area contributed by atoms with E-state index in [4.69, 9.17) is 9.84 Å². The molecule has 0 amide bonds. The lowest BCUT2D eigenvalue weighted by molar-refractivity contribution is 0.0590. The second-order valence-corrected chi connectivity index (χ2v) is 5.05. The summed E-state index contributed by atoms with van der Waals surface area (Å²) in [4.78, 5) is 0. The Morgan fingerprint density at radius 1 is 1.47 bits per heavy atom. The van der Waals surface area contributed by atoms with E-state index in [2.05, 4.69) is 23.8 Å². The predicted octanol–water partition coefficient (Wildman–Crippen LogP) is 2.29. The van der Waals surface area contributed by atoms with Gasteiger partial charge in [-0.3, -0.25) is 0 Å². The number of aryl methyl sites for hydroxylation is 1. The fourth-order valence-corrected chi connectivity index (χ4v) is 3.06. The number of rotatable bonds is 2. The Labute approximate surface area is 102 Å². The molecule has 4 nitrogen and oxygen atoms in total. The first-order valence-electron chi connectivity index (χ1n) is 6.74. The van der Waals surface area contributed by atoms with Crippen LogP contribution in [0, 0.1) is 6.92 Å². The van der Waals surface area contributed by atoms with Crippen LogP contribution >= 0.6 is 0 Å². The zero-order chi connectivity index (χ0) is 11.8. The van der Waals surface area contributed by atoms with Gasteiger partial charge in [0.1, 0.15) is 5.82 Å². The van der Waals surface area contributed by atoms with Crippen molar-refractivity contribution in [3.8, 4) is 0 Å². The molecule has 1 aromatic rings. The lowest BCUT2D eigenvalue weighted by Crippen LogP contribution is -2.32. The SMILES string of the molecule is CCc1nn2c(c1C)NCCC2C1CCCO1. The molecule has 2 aliphatic rings. The first kappa shape index (κ1) is 11.1. The summed E-state index contributed by atoms with van der Waals surface area (Å²) in [5.74, 6) is 1.22. The molecule has 17 heavy (non-hydrogen) atoms. The van der Waals surface area contributed by atoms with E-state index in [1.54, 1.807) is 0 Å². The monoisotopic (exact) mass is 235 g/mol. The molecule has 4 heteroatoms. The molecule has 1 fully saturated rings. The number of anilines is 1. The number of fused-ring (bicyclic) bond motifs is 1. The Bertz CT molecular complexity index is 407. The van der Waals surface area contributed by atoms with Crippen LogP contribution in [-0.2, 0) is 11.2 Å². The van der Waals surface area contributed by atoms with Gasteiger partial charge >= 0.3 is 0 Å². The van der Waals surface area contributed by atoms with Crippen LogP contribution in [0.2, 0.25) is 0 Å². The second-order valence-electron chi connectivity index (χ2n) is 5.05. The van der Waals surface area contributed by atoms with Crippen molar-refractivity contribution in [1.29, 1.82) is 0 Å². The van der Waals surface area contributed by atoms with Gasteiger partial charge in [0.2, 0.25) is 0 Å². The quantitative estimate of drug-likeness (QED) is 0.855. The summed E-state index contributed by atoms with van der Waals surface area (Å²) in [6.45, 7) is 6.30. The van der Waals surface area contributed by atoms with Crippen LogP contribution in [0.3, 0.4) is 0 Å². The summed E-state index contributed by atoms with van der Waals surface area (Å²) in [6, 6.07) is 0.438. The van der Waals surface area contributed by atoms with Gasteiger partial charge in [0.15, 0.2) is 0 Å². The molecule has 3 heterocycles. The molecule has 94 valence electrons. The van der Waals surface area contributed by atoms with E-state index < -0.39 is 0 Å². The minimum absolute atomic E-state index is 0.375. The Balaban J connectivity index is 1.95. The first-order valence-corrected chi connectivity index (χ1v) is 6.74. The molecule has 2 unspecified atom stereocenters. The Morgan fingerprint density at radius 2 is 2.35 bits per heavy atom. The normalized spacial score (nSPS) is 27.9. The van der Waals surface area contributed by atoms with Gasteiger partial charge in [0.25, 0.3) is 0 Å². The van der Waals surface area contributed by atoms with Gasteiger partial charge in [-0.2, -0.15) is 5.10 Å². The number of nitrogens with one attached hydrogen (secondary N) is 1. The van der Waals surface area contributed by atoms with Gasteiger partial charge in [-0.25, -0.2) is 4.68 Å². The van der Waals surface area contributed by atoms with Crippen molar-refractivity contribution in [3.05, 3.63) is 11.3 Å². The molecule has 0 radical (unpaired) electrons. The summed E-state index contributed by atoms with van der Waals surface area (Å²) in [5.41, 5.74) is 2.53. The summed E-state index contributed by atoms with van der Waals surface area (Å²) in [7, 11) is 0. The van der Waals surface area contributed by atoms with Crippen molar-refractivity contribution in [2.45, 2.75) is 51.7 Å². The topological polar surface area (TPSA) is 39.1 Å². The molecule has 0 aromatic carbocycles. The average molecular weight is 235 g/mol. The molecule has 2 aliphatic heterocycles. The van der Waals surface area contributed by atoms with Crippen LogP contribution < -0.4 is 5.32 Å². The van der Waals surface area contributed by atoms with Crippen LogP contribution in [0.4, 0.5) is 5.82 Å². The van der Waals surface area contributed by atoms with Gasteiger partial charge in [0.05, 0.1) is 17.8 Å². The minimum atomic E-state index is 0.375. The van der Waals surface area contributed by atoms with E-state index in [0.29, 0.717) is 12.1 Å². The van der Waals surface area contributed by atoms with E-state index >= 15 is 0 Å². The Hall–Kier alpha value is -1.03. The fourth-order valence-electron chi connectivity index (χ4n) is 3.06. The molecule has 0 saturated carbocycles. The number of ether oxygens (including phenoxy) is 1. The largest absolute Gasteiger partial charge is 0.376 e. The lowest BCUT2D eigenvalue weighted by atomic mass is 10.0. The van der Waals surface area contributed by atoms with Gasteiger partial charge in [-0.15, -0.1) is 0 Å². The molecule has 1 N–H and O–H groups in total. The third kappa shape index (κ3) is 1.75. The van der Waals surface area contributed by atoms with Crippen LogP contribution in [-0.4, -0.2) is 29.0 Å². The van der Waals surface area contributed by atoms with Crippen LogP contribution in [0.1, 0.15) is 43.5 Å². The third-order valence-corrected chi connectivity index (χ3v) is 4.02. The summed E-state index contributed by atoms with van der Waals surface area (Å²) >= 11 is 0. The van der Waals surface area contributed by atoms with Crippen molar-refractivity contribution in [3.63, 3.8) is 0 Å². The molecule has 0 aliphatic carbocycles. The van der Waals surface area contributed by atoms with Gasteiger partial charge in [0, 0.05) is 18.7 Å². The maximum Gasteiger partial charge on any atom is 0.127 e. The smallest absolute Gasteiger partial charge is 0.127 e. The minimum Gasteiger partial charge on any atom is -0.376 e. The second kappa shape index (κ2) is 4.33. The average Bonchev–Trinajstić information content (AvgIpc) is 2.97. The van der Waals surface area contributed by atoms with Crippen LogP contribution in [0.5, 0.6) is 0 Å².